The number of nitrogens with one attached hydrogen (secondary N) is 2. The van der Waals surface area contributed by atoms with Crippen molar-refractivity contribution >= 4 is 32.0 Å². The number of anilines is 2. The number of hydrogen-bond acceptors (Lipinski definition) is 8. The molecule has 0 bridgehead atoms. The van der Waals surface area contributed by atoms with E-state index < -0.39 is 16.1 Å². The summed E-state index contributed by atoms with van der Waals surface area (Å²) >= 11 is 1.22. The van der Waals surface area contributed by atoms with Gasteiger partial charge in [-0.25, -0.2) is 8.42 Å². The predicted octanol–water partition coefficient (Wildman–Crippen LogP) is 2.17. The van der Waals surface area contributed by atoms with E-state index in [0.29, 0.717) is 17.2 Å². The van der Waals surface area contributed by atoms with Crippen molar-refractivity contribution in [3.05, 3.63) is 65.8 Å². The van der Waals surface area contributed by atoms with Crippen molar-refractivity contribution in [2.45, 2.75) is 11.0 Å². The minimum atomic E-state index is -3.54. The molecule has 0 saturated heterocycles. The Kier molecular flexibility index (Phi) is 7.76. The number of thiazole rings is 1. The van der Waals surface area contributed by atoms with Crippen molar-refractivity contribution in [1.29, 1.82) is 0 Å². The summed E-state index contributed by atoms with van der Waals surface area (Å²) in [6, 6.07) is 12.6. The summed E-state index contributed by atoms with van der Waals surface area (Å²) in [4.78, 5) is 3.96. The van der Waals surface area contributed by atoms with Crippen molar-refractivity contribution in [3.63, 3.8) is 0 Å². The van der Waals surface area contributed by atoms with Crippen LogP contribution in [0.15, 0.2) is 65.1 Å². The molecule has 0 saturated carbocycles. The van der Waals surface area contributed by atoms with Gasteiger partial charge in [0.1, 0.15) is 10.8 Å². The number of aliphatic hydroxyl groups excluding tert-OH is 1. The molecule has 0 radical (unpaired) electrons. The number of aliphatic hydroxyl groups is 1. The number of nitrogen functional groups attached to an aromatic ring is 1. The number of phenolic OH excluding ortho intramolecular Hbond substituents is 1. The third-order valence-electron chi connectivity index (χ3n) is 3.51. The number of aromatic hydroxyl groups is 1. The van der Waals surface area contributed by atoms with Crippen LogP contribution in [0.5, 0.6) is 5.75 Å². The van der Waals surface area contributed by atoms with Crippen LogP contribution in [0.4, 0.5) is 10.7 Å². The largest absolute Gasteiger partial charge is 0.508 e. The zero-order valence-corrected chi connectivity index (χ0v) is 16.7. The normalized spacial score (nSPS) is 11.9. The topological polar surface area (TPSA) is 138 Å². The van der Waals surface area contributed by atoms with Crippen molar-refractivity contribution in [2.75, 3.05) is 24.0 Å². The quantitative estimate of drug-likeness (QED) is 0.384. The molecule has 0 fully saturated rings. The Balaban J connectivity index is 0.000000209. The van der Waals surface area contributed by atoms with Crippen LogP contribution >= 0.6 is 11.3 Å². The van der Waals surface area contributed by atoms with Crippen LogP contribution in [0, 0.1) is 0 Å². The number of nitrogens with two attached hydrogens (primary N) is 1. The van der Waals surface area contributed by atoms with Crippen LogP contribution in [-0.4, -0.2) is 37.2 Å². The SMILES string of the molecule is CNCC(O)c1cccc(O)c1.Nc1ccc(S(=O)(=O)Nc2cncs2)cc1. The highest BCUT2D eigenvalue weighted by Gasteiger charge is 2.14. The number of hydrogen-bond donors (Lipinski definition) is 5. The lowest BCUT2D eigenvalue weighted by molar-refractivity contribution is 0.177. The van der Waals surface area contributed by atoms with Crippen LogP contribution in [0.3, 0.4) is 0 Å². The number of likely N-dealkylation sites (N-methyl/N-ethyl adjacent to an activating group) is 1. The molecule has 28 heavy (non-hydrogen) atoms. The molecule has 3 aromatic rings. The van der Waals surface area contributed by atoms with Gasteiger partial charge in [0, 0.05) is 12.2 Å². The molecule has 0 spiro atoms. The fourth-order valence-electron chi connectivity index (χ4n) is 2.15. The Morgan fingerprint density at radius 2 is 1.93 bits per heavy atom. The standard InChI is InChI=1S/C9H9N3O2S2.C9H13NO2/c10-7-1-3-8(4-2-7)16(13,14)12-9-5-11-6-15-9;1-10-6-9(12)7-3-2-4-8(11)5-7/h1-6,12H,10H2;2-5,9-12H,6H2,1H3. The van der Waals surface area contributed by atoms with Gasteiger partial charge >= 0.3 is 0 Å². The van der Waals surface area contributed by atoms with Crippen LogP contribution in [0.1, 0.15) is 11.7 Å². The fraction of sp³-hybridized carbons (Fsp3) is 0.167. The Morgan fingerprint density at radius 3 is 2.50 bits per heavy atom. The van der Waals surface area contributed by atoms with Gasteiger partial charge < -0.3 is 21.3 Å². The second-order valence-electron chi connectivity index (χ2n) is 5.71. The minimum Gasteiger partial charge on any atom is -0.508 e. The first kappa shape index (κ1) is 21.6. The summed E-state index contributed by atoms with van der Waals surface area (Å²) in [7, 11) is -1.77. The van der Waals surface area contributed by atoms with Crippen LogP contribution in [0.2, 0.25) is 0 Å². The molecule has 1 atom stereocenters. The molecule has 10 heteroatoms. The van der Waals surface area contributed by atoms with E-state index in [2.05, 4.69) is 15.0 Å². The predicted molar refractivity (Wildman–Crippen MR) is 111 cm³/mol. The van der Waals surface area contributed by atoms with Crippen molar-refractivity contribution in [2.24, 2.45) is 0 Å². The smallest absolute Gasteiger partial charge is 0.262 e. The molecule has 150 valence electrons. The molecule has 3 rings (SSSR count). The van der Waals surface area contributed by atoms with E-state index in [-0.39, 0.29) is 10.6 Å². The monoisotopic (exact) mass is 422 g/mol. The second kappa shape index (κ2) is 10.0. The number of sulfonamides is 1. The summed E-state index contributed by atoms with van der Waals surface area (Å²) in [5.74, 6) is 0.183. The molecule has 2 aromatic carbocycles. The van der Waals surface area contributed by atoms with Gasteiger partial charge in [0.05, 0.1) is 22.7 Å². The Morgan fingerprint density at radius 1 is 1.21 bits per heavy atom. The zero-order valence-electron chi connectivity index (χ0n) is 15.1. The van der Waals surface area contributed by atoms with E-state index in [1.165, 1.54) is 29.7 Å². The maximum Gasteiger partial charge on any atom is 0.262 e. The maximum atomic E-state index is 11.8. The molecule has 6 N–H and O–H groups in total. The Labute approximate surface area is 167 Å². The van der Waals surface area contributed by atoms with E-state index in [9.17, 15) is 13.5 Å². The third kappa shape index (κ3) is 6.50. The second-order valence-corrected chi connectivity index (χ2v) is 8.28. The van der Waals surface area contributed by atoms with Gasteiger partial charge in [-0.05, 0) is 49.0 Å². The molecule has 1 aromatic heterocycles. The van der Waals surface area contributed by atoms with Gasteiger partial charge in [0.15, 0.2) is 0 Å². The highest BCUT2D eigenvalue weighted by atomic mass is 32.2. The van der Waals surface area contributed by atoms with Gasteiger partial charge in [-0.15, -0.1) is 11.3 Å². The Bertz CT molecular complexity index is 962. The first-order valence-corrected chi connectivity index (χ1v) is 10.6. The van der Waals surface area contributed by atoms with Gasteiger partial charge in [-0.3, -0.25) is 9.71 Å². The summed E-state index contributed by atoms with van der Waals surface area (Å²) < 4.78 is 26.1. The summed E-state index contributed by atoms with van der Waals surface area (Å²) in [6.07, 6.45) is 0.904. The first-order chi connectivity index (χ1) is 13.3. The average Bonchev–Trinajstić information content (AvgIpc) is 3.15. The highest BCUT2D eigenvalue weighted by molar-refractivity contribution is 7.93. The molecule has 0 amide bonds. The van der Waals surface area contributed by atoms with E-state index in [1.807, 2.05) is 0 Å². The lowest BCUT2D eigenvalue weighted by Crippen LogP contribution is -2.16. The van der Waals surface area contributed by atoms with Gasteiger partial charge in [0.25, 0.3) is 10.0 Å². The minimum absolute atomic E-state index is 0.176. The van der Waals surface area contributed by atoms with E-state index in [1.54, 1.807) is 49.0 Å². The van der Waals surface area contributed by atoms with Crippen LogP contribution < -0.4 is 15.8 Å². The molecule has 1 heterocycles. The van der Waals surface area contributed by atoms with Crippen LogP contribution in [-0.2, 0) is 10.0 Å². The molecule has 8 nitrogen and oxygen atoms in total. The number of phenols is 1. The van der Waals surface area contributed by atoms with Crippen LogP contribution in [0.25, 0.3) is 0 Å². The average molecular weight is 423 g/mol. The van der Waals surface area contributed by atoms with E-state index in [4.69, 9.17) is 10.8 Å². The highest BCUT2D eigenvalue weighted by Crippen LogP contribution is 2.19. The summed E-state index contributed by atoms with van der Waals surface area (Å²) in [6.45, 7) is 0.490. The Hall–Kier alpha value is -2.66. The third-order valence-corrected chi connectivity index (χ3v) is 5.71. The maximum absolute atomic E-state index is 11.8. The van der Waals surface area contributed by atoms with Crippen molar-refractivity contribution < 1.29 is 18.6 Å². The molecular weight excluding hydrogens is 400 g/mol. The molecule has 1 unspecified atom stereocenters. The molecule has 0 aliphatic heterocycles. The van der Waals surface area contributed by atoms with E-state index >= 15 is 0 Å². The van der Waals surface area contributed by atoms with Crippen molar-refractivity contribution in [1.82, 2.24) is 10.3 Å². The van der Waals surface area contributed by atoms with Gasteiger partial charge in [0.2, 0.25) is 0 Å². The number of nitrogens with zero attached hydrogens (tertiary/aromatic N) is 1. The summed E-state index contributed by atoms with van der Waals surface area (Å²) in [5, 5.41) is 21.9. The number of aromatic nitrogens is 1. The lowest BCUT2D eigenvalue weighted by atomic mass is 10.1. The zero-order chi connectivity index (χ0) is 20.6. The molecule has 0 aliphatic carbocycles. The van der Waals surface area contributed by atoms with Gasteiger partial charge in [-0.1, -0.05) is 12.1 Å². The molecule has 0 aliphatic rings. The fourth-order valence-corrected chi connectivity index (χ4v) is 3.96. The van der Waals surface area contributed by atoms with Crippen molar-refractivity contribution in [3.8, 4) is 5.75 Å². The lowest BCUT2D eigenvalue weighted by Gasteiger charge is -2.09. The first-order valence-electron chi connectivity index (χ1n) is 8.20. The van der Waals surface area contributed by atoms with E-state index in [0.717, 1.165) is 5.56 Å². The summed E-state index contributed by atoms with van der Waals surface area (Å²) in [5.41, 5.74) is 8.29. The number of rotatable bonds is 6. The number of benzene rings is 2. The molecular formula is C18H22N4O4S2. The van der Waals surface area contributed by atoms with Gasteiger partial charge in [-0.2, -0.15) is 0 Å².